The van der Waals surface area contributed by atoms with Gasteiger partial charge in [-0.15, -0.1) is 0 Å². The molecule has 0 aromatic carbocycles. The van der Waals surface area contributed by atoms with E-state index in [1.807, 2.05) is 0 Å². The van der Waals surface area contributed by atoms with Crippen molar-refractivity contribution in [3.8, 4) is 0 Å². The third kappa shape index (κ3) is 32.7. The largest absolute Gasteiger partial charge is 0.433 e. The van der Waals surface area contributed by atoms with Crippen molar-refractivity contribution in [3.05, 3.63) is 0 Å². The smallest absolute Gasteiger partial charge is 0.372 e. The first kappa shape index (κ1) is 9.61. The summed E-state index contributed by atoms with van der Waals surface area (Å²) >= 11 is -3.40. The van der Waals surface area contributed by atoms with Gasteiger partial charge in [-0.2, -0.15) is 0 Å². The predicted octanol–water partition coefficient (Wildman–Crippen LogP) is -3.58. The van der Waals surface area contributed by atoms with Crippen molar-refractivity contribution in [2.75, 3.05) is 0 Å². The summed E-state index contributed by atoms with van der Waals surface area (Å²) in [6.45, 7) is 0. The second-order valence-corrected chi connectivity index (χ2v) is 1.04. The van der Waals surface area contributed by atoms with Gasteiger partial charge in [-0.05, 0) is 4.20 Å². The average molecular weight is 153 g/mol. The van der Waals surface area contributed by atoms with E-state index in [1.54, 1.807) is 0 Å². The molecule has 0 saturated heterocycles. The van der Waals surface area contributed by atoms with Crippen LogP contribution >= 0.6 is 0 Å². The Morgan fingerprint density at radius 3 is 1.40 bits per heavy atom. The number of halogens is 1. The summed E-state index contributed by atoms with van der Waals surface area (Å²) < 4.78 is 24.3. The molecule has 0 bridgehead atoms. The fourth-order valence-corrected chi connectivity index (χ4v) is 0. The van der Waals surface area contributed by atoms with E-state index in [0.29, 0.717) is 0 Å². The van der Waals surface area contributed by atoms with Gasteiger partial charge in [-0.3, -0.25) is 0 Å². The summed E-state index contributed by atoms with van der Waals surface area (Å²) in [6, 6.07) is 0. The van der Waals surface area contributed by atoms with Crippen LogP contribution in [0.15, 0.2) is 0 Å². The minimum atomic E-state index is -3.40. The van der Waals surface area contributed by atoms with Crippen LogP contribution in [0, 0.1) is 14.8 Å². The van der Waals surface area contributed by atoms with Crippen LogP contribution in [0.4, 0.5) is 0 Å². The van der Waals surface area contributed by atoms with E-state index in [1.165, 1.54) is 0 Å². The van der Waals surface area contributed by atoms with Gasteiger partial charge in [0, 0.05) is 0 Å². The van der Waals surface area contributed by atoms with Crippen LogP contribution in [0.2, 0.25) is 0 Å². The van der Waals surface area contributed by atoms with Crippen molar-refractivity contribution in [2.24, 2.45) is 0 Å². The van der Waals surface area contributed by atoms with Gasteiger partial charge in [0.05, 0.1) is 0 Å². The average Bonchev–Trinajstić information content (AvgIpc) is 0.811. The second-order valence-electron chi connectivity index (χ2n) is 0.201. The van der Waals surface area contributed by atoms with Gasteiger partial charge in [-0.1, -0.05) is 0 Å². The molecule has 0 aliphatic carbocycles. The minimum absolute atomic E-state index is 0. The second kappa shape index (κ2) is 5.36. The van der Waals surface area contributed by atoms with Gasteiger partial charge in [0.25, 0.3) is 0 Å². The number of hydrogen-bond donors (Lipinski definition) is 1. The maximum Gasteiger partial charge on any atom is 0.433 e. The van der Waals surface area contributed by atoms with Crippen molar-refractivity contribution >= 4 is 29.6 Å². The molecule has 0 saturated carbocycles. The van der Waals surface area contributed by atoms with Gasteiger partial charge in [0.1, 0.15) is 0 Å². The van der Waals surface area contributed by atoms with E-state index in [9.17, 15) is 0 Å². The molecule has 5 heavy (non-hydrogen) atoms. The molecule has 1 N–H and O–H groups in total. The quantitative estimate of drug-likeness (QED) is 0.366. The van der Waals surface area contributed by atoms with Crippen molar-refractivity contribution in [1.82, 2.24) is 0 Å². The maximum absolute atomic E-state index is 8.63. The van der Waals surface area contributed by atoms with Gasteiger partial charge in [-0.25, -0.2) is 0 Å². The van der Waals surface area contributed by atoms with Crippen molar-refractivity contribution in [1.29, 1.82) is 0 Å². The van der Waals surface area contributed by atoms with Crippen molar-refractivity contribution < 1.29 is 27.4 Å². The molecule has 0 atom stereocenters. The number of hydrogen-bond acceptors (Lipinski definition) is 3. The molecule has 0 unspecified atom stereocenters. The third-order valence-electron chi connectivity index (χ3n) is 0. The van der Waals surface area contributed by atoms with E-state index in [2.05, 4.69) is 0 Å². The number of rotatable bonds is 0. The van der Waals surface area contributed by atoms with Crippen LogP contribution < -0.4 is 8.40 Å². The Kier molecular flexibility index (Phi) is 10.3. The zero-order valence-corrected chi connectivity index (χ0v) is 3.23. The van der Waals surface area contributed by atoms with Crippen LogP contribution in [0.5, 0.6) is 0 Å². The molecule has 0 radical (unpaired) electrons. The van der Waals surface area contributed by atoms with E-state index in [-0.39, 0.29) is 29.6 Å². The molecular formula is H2BrNaO3. The standard InChI is InChI=1S/BrHO3.Na.H/c2-1(3)4;;/h2H;;. The summed E-state index contributed by atoms with van der Waals surface area (Å²) in [5.74, 6) is 0. The fourth-order valence-electron chi connectivity index (χ4n) is 0. The Labute approximate surface area is 56.7 Å². The Hall–Kier alpha value is 1.36. The van der Waals surface area contributed by atoms with E-state index >= 15 is 0 Å². The van der Waals surface area contributed by atoms with Crippen LogP contribution in [-0.2, 0) is 0 Å². The minimum Gasteiger partial charge on any atom is -0.372 e. The Bertz CT molecular complexity index is 11.6. The molecule has 0 aliphatic rings. The first-order valence-corrected chi connectivity index (χ1v) is 2.48. The molecule has 0 aromatic heterocycles. The monoisotopic (exact) mass is 152 g/mol. The summed E-state index contributed by atoms with van der Waals surface area (Å²) in [5.41, 5.74) is 0. The molecule has 3 nitrogen and oxygen atoms in total. The fraction of sp³-hybridized carbons (Fsp3) is 0. The van der Waals surface area contributed by atoms with Gasteiger partial charge in [0.2, 0.25) is 0 Å². The van der Waals surface area contributed by atoms with E-state index < -0.39 is 14.8 Å². The first-order chi connectivity index (χ1) is 1.73. The molecule has 0 aliphatic heterocycles. The molecule has 28 valence electrons. The predicted molar refractivity (Wildman–Crippen MR) is 9.37 cm³/mol. The Balaban J connectivity index is 0. The van der Waals surface area contributed by atoms with E-state index in [0.717, 1.165) is 0 Å². The van der Waals surface area contributed by atoms with E-state index in [4.69, 9.17) is 12.6 Å². The molecule has 0 fully saturated rings. The zero-order valence-electron chi connectivity index (χ0n) is 1.64. The molecular weight excluding hydrogens is 151 g/mol. The van der Waals surface area contributed by atoms with Crippen LogP contribution in [0.1, 0.15) is 0 Å². The molecule has 0 rings (SSSR count). The van der Waals surface area contributed by atoms with Crippen LogP contribution in [0.25, 0.3) is 0 Å². The maximum atomic E-state index is 8.63. The van der Waals surface area contributed by atoms with Crippen LogP contribution in [0.3, 0.4) is 0 Å². The van der Waals surface area contributed by atoms with Gasteiger partial charge >= 0.3 is 44.4 Å². The first-order valence-electron chi connectivity index (χ1n) is 0.478. The van der Waals surface area contributed by atoms with Crippen LogP contribution in [-0.4, -0.2) is 33.8 Å². The summed E-state index contributed by atoms with van der Waals surface area (Å²) in [6.07, 6.45) is 0. The summed E-state index contributed by atoms with van der Waals surface area (Å²) in [4.78, 5) is 0. The molecule has 5 heteroatoms. The SMILES string of the molecule is [NaH].[O-][Br+2]([O-])O. The molecule has 0 amide bonds. The zero-order chi connectivity index (χ0) is 3.58. The van der Waals surface area contributed by atoms with Gasteiger partial charge < -0.3 is 8.40 Å². The molecule has 0 aromatic rings. The normalized spacial score (nSPS) is 7.20. The third-order valence-corrected chi connectivity index (χ3v) is 0. The molecule has 0 heterocycles. The van der Waals surface area contributed by atoms with Crippen molar-refractivity contribution in [2.45, 2.75) is 0 Å². The van der Waals surface area contributed by atoms with Gasteiger partial charge in [0.15, 0.2) is 0 Å². The topological polar surface area (TPSA) is 66.3 Å². The van der Waals surface area contributed by atoms with Crippen molar-refractivity contribution in [3.63, 3.8) is 0 Å². The Morgan fingerprint density at radius 2 is 1.40 bits per heavy atom. The Morgan fingerprint density at radius 1 is 1.40 bits per heavy atom. The molecule has 0 spiro atoms. The summed E-state index contributed by atoms with van der Waals surface area (Å²) in [7, 11) is 0. The summed E-state index contributed by atoms with van der Waals surface area (Å²) in [5, 5.41) is 0.